The fourth-order valence-corrected chi connectivity index (χ4v) is 4.42. The number of hydrogen-bond donors (Lipinski definition) is 0. The van der Waals surface area contributed by atoms with Gasteiger partial charge in [-0.2, -0.15) is 0 Å². The predicted molar refractivity (Wildman–Crippen MR) is 93.5 cm³/mol. The number of hydrogen-bond acceptors (Lipinski definition) is 3. The monoisotopic (exact) mass is 336 g/mol. The van der Waals surface area contributed by atoms with E-state index in [-0.39, 0.29) is 36.1 Å². The second-order valence-electron chi connectivity index (χ2n) is 7.86. The predicted octanol–water partition coefficient (Wildman–Crippen LogP) is 3.47. The Kier molecular flexibility index (Phi) is 5.71. The molecule has 1 heterocycles. The maximum Gasteiger partial charge on any atom is 0.327 e. The lowest BCUT2D eigenvalue weighted by Crippen LogP contribution is -2.50. The Morgan fingerprint density at radius 3 is 2.46 bits per heavy atom. The van der Waals surface area contributed by atoms with E-state index in [1.807, 2.05) is 20.8 Å². The molecule has 0 N–H and O–H groups in total. The molecule has 4 atom stereocenters. The number of carbonyl (C=O) groups is 3. The van der Waals surface area contributed by atoms with Crippen molar-refractivity contribution in [1.29, 1.82) is 0 Å². The number of likely N-dealkylation sites (N-methyl/N-ethyl adjacent to an activating group) is 1. The van der Waals surface area contributed by atoms with Crippen molar-refractivity contribution < 1.29 is 14.4 Å². The van der Waals surface area contributed by atoms with Crippen LogP contribution < -0.4 is 0 Å². The summed E-state index contributed by atoms with van der Waals surface area (Å²) in [5.41, 5.74) is -0.797. The summed E-state index contributed by atoms with van der Waals surface area (Å²) in [6.45, 7) is 8.04. The molecule has 0 radical (unpaired) electrons. The molecule has 2 rings (SSSR count). The summed E-state index contributed by atoms with van der Waals surface area (Å²) in [4.78, 5) is 41.0. The first-order valence-electron chi connectivity index (χ1n) is 9.39. The van der Waals surface area contributed by atoms with Gasteiger partial charge in [0, 0.05) is 13.0 Å². The number of imide groups is 1. The fourth-order valence-electron chi connectivity index (χ4n) is 4.42. The van der Waals surface area contributed by atoms with Crippen LogP contribution in [-0.2, 0) is 9.59 Å². The minimum Gasteiger partial charge on any atom is -0.313 e. The molecule has 1 aliphatic carbocycles. The first kappa shape index (κ1) is 18.9. The van der Waals surface area contributed by atoms with Crippen molar-refractivity contribution in [3.63, 3.8) is 0 Å². The van der Waals surface area contributed by atoms with Crippen molar-refractivity contribution >= 4 is 17.7 Å². The van der Waals surface area contributed by atoms with E-state index in [2.05, 4.69) is 6.92 Å². The van der Waals surface area contributed by atoms with Crippen LogP contribution in [0.2, 0.25) is 0 Å². The smallest absolute Gasteiger partial charge is 0.313 e. The zero-order chi connectivity index (χ0) is 18.1. The quantitative estimate of drug-likeness (QED) is 0.669. The molecule has 0 bridgehead atoms. The minimum absolute atomic E-state index is 0.0125. The van der Waals surface area contributed by atoms with E-state index < -0.39 is 5.54 Å². The third-order valence-electron chi connectivity index (χ3n) is 6.28. The van der Waals surface area contributed by atoms with E-state index in [1.165, 1.54) is 4.90 Å². The van der Waals surface area contributed by atoms with Crippen LogP contribution in [0.5, 0.6) is 0 Å². The molecule has 5 nitrogen and oxygen atoms in total. The highest BCUT2D eigenvalue weighted by atomic mass is 16.2. The van der Waals surface area contributed by atoms with Gasteiger partial charge in [0.15, 0.2) is 5.78 Å². The molecule has 2 aliphatic rings. The van der Waals surface area contributed by atoms with Crippen LogP contribution in [0, 0.1) is 17.8 Å². The summed E-state index contributed by atoms with van der Waals surface area (Å²) in [7, 11) is 1.71. The van der Waals surface area contributed by atoms with Gasteiger partial charge in [-0.1, -0.05) is 33.6 Å². The molecule has 1 aliphatic heterocycles. The number of amides is 3. The summed E-state index contributed by atoms with van der Waals surface area (Å²) in [6, 6.07) is -0.318. The SMILES string of the molecule is CCCC(CC)C(=O)CN1C(=O)N(C)C(C)(C2CCC(C)C2)C1=O. The number of carbonyl (C=O) groups excluding carboxylic acids is 3. The standard InChI is InChI=1S/C19H32N2O3/c1-6-8-14(7-2)16(22)12-21-17(23)19(4,20(5)18(21)24)15-10-9-13(3)11-15/h13-15H,6-12H2,1-5H3. The Hall–Kier alpha value is -1.39. The first-order chi connectivity index (χ1) is 11.3. The van der Waals surface area contributed by atoms with Gasteiger partial charge in [-0.15, -0.1) is 0 Å². The Labute approximate surface area is 145 Å². The minimum atomic E-state index is -0.797. The van der Waals surface area contributed by atoms with Crippen LogP contribution in [0.15, 0.2) is 0 Å². The lowest BCUT2D eigenvalue weighted by atomic mass is 9.82. The van der Waals surface area contributed by atoms with Crippen LogP contribution in [0.3, 0.4) is 0 Å². The van der Waals surface area contributed by atoms with Crippen LogP contribution >= 0.6 is 0 Å². The lowest BCUT2D eigenvalue weighted by molar-refractivity contribution is -0.138. The summed E-state index contributed by atoms with van der Waals surface area (Å²) >= 11 is 0. The molecule has 136 valence electrons. The van der Waals surface area contributed by atoms with E-state index >= 15 is 0 Å². The first-order valence-corrected chi connectivity index (χ1v) is 9.39. The van der Waals surface area contributed by atoms with Crippen LogP contribution in [0.25, 0.3) is 0 Å². The normalized spacial score (nSPS) is 31.9. The lowest BCUT2D eigenvalue weighted by Gasteiger charge is -2.34. The topological polar surface area (TPSA) is 57.7 Å². The molecule has 1 saturated heterocycles. The van der Waals surface area contributed by atoms with Gasteiger partial charge in [0.25, 0.3) is 5.91 Å². The highest BCUT2D eigenvalue weighted by molar-refractivity contribution is 6.09. The van der Waals surface area contributed by atoms with Gasteiger partial charge in [-0.3, -0.25) is 14.5 Å². The third kappa shape index (κ3) is 3.09. The fraction of sp³-hybridized carbons (Fsp3) is 0.842. The van der Waals surface area contributed by atoms with Gasteiger partial charge in [0.05, 0.1) is 6.54 Å². The average molecular weight is 336 g/mol. The number of rotatable bonds is 7. The third-order valence-corrected chi connectivity index (χ3v) is 6.28. The Balaban J connectivity index is 2.16. The van der Waals surface area contributed by atoms with Crippen molar-refractivity contribution in [1.82, 2.24) is 9.80 Å². The molecule has 5 heteroatoms. The van der Waals surface area contributed by atoms with Gasteiger partial charge >= 0.3 is 6.03 Å². The highest BCUT2D eigenvalue weighted by Crippen LogP contribution is 2.44. The second kappa shape index (κ2) is 7.24. The molecular weight excluding hydrogens is 304 g/mol. The number of Topliss-reactive ketones (excluding diaryl/α,β-unsaturated/α-hetero) is 1. The van der Waals surface area contributed by atoms with E-state index in [0.29, 0.717) is 5.92 Å². The number of urea groups is 1. The van der Waals surface area contributed by atoms with E-state index in [1.54, 1.807) is 11.9 Å². The summed E-state index contributed by atoms with van der Waals surface area (Å²) in [6.07, 6.45) is 5.55. The van der Waals surface area contributed by atoms with E-state index in [9.17, 15) is 14.4 Å². The maximum atomic E-state index is 13.1. The van der Waals surface area contributed by atoms with Crippen molar-refractivity contribution in [3.8, 4) is 0 Å². The van der Waals surface area contributed by atoms with Gasteiger partial charge < -0.3 is 4.90 Å². The molecular formula is C19H32N2O3. The van der Waals surface area contributed by atoms with Crippen LogP contribution in [0.4, 0.5) is 4.79 Å². The summed E-state index contributed by atoms with van der Waals surface area (Å²) < 4.78 is 0. The van der Waals surface area contributed by atoms with Gasteiger partial charge in [0.2, 0.25) is 0 Å². The molecule has 0 aromatic heterocycles. The van der Waals surface area contributed by atoms with Crippen molar-refractivity contribution in [2.24, 2.45) is 17.8 Å². The summed E-state index contributed by atoms with van der Waals surface area (Å²) in [5, 5.41) is 0. The number of nitrogens with zero attached hydrogens (tertiary/aromatic N) is 2. The maximum absolute atomic E-state index is 13.1. The number of ketones is 1. The van der Waals surface area contributed by atoms with E-state index in [4.69, 9.17) is 0 Å². The van der Waals surface area contributed by atoms with Crippen LogP contribution in [-0.4, -0.2) is 46.7 Å². The molecule has 0 aromatic rings. The van der Waals surface area contributed by atoms with Crippen molar-refractivity contribution in [3.05, 3.63) is 0 Å². The Morgan fingerprint density at radius 1 is 1.29 bits per heavy atom. The molecule has 0 aromatic carbocycles. The van der Waals surface area contributed by atoms with Crippen molar-refractivity contribution in [2.75, 3.05) is 13.6 Å². The summed E-state index contributed by atoms with van der Waals surface area (Å²) in [5.74, 6) is 0.547. The van der Waals surface area contributed by atoms with Gasteiger partial charge in [0.1, 0.15) is 5.54 Å². The molecule has 4 unspecified atom stereocenters. The molecule has 24 heavy (non-hydrogen) atoms. The molecule has 2 fully saturated rings. The Bertz CT molecular complexity index is 519. The largest absolute Gasteiger partial charge is 0.327 e. The molecule has 0 spiro atoms. The van der Waals surface area contributed by atoms with Crippen LogP contribution in [0.1, 0.15) is 66.2 Å². The average Bonchev–Trinajstić information content (AvgIpc) is 3.06. The zero-order valence-corrected chi connectivity index (χ0v) is 15.8. The van der Waals surface area contributed by atoms with Crippen molar-refractivity contribution in [2.45, 2.75) is 71.8 Å². The Morgan fingerprint density at radius 2 is 1.96 bits per heavy atom. The molecule has 3 amide bonds. The zero-order valence-electron chi connectivity index (χ0n) is 15.8. The van der Waals surface area contributed by atoms with Gasteiger partial charge in [-0.25, -0.2) is 4.79 Å². The molecule has 1 saturated carbocycles. The van der Waals surface area contributed by atoms with E-state index in [0.717, 1.165) is 38.5 Å². The van der Waals surface area contributed by atoms with Gasteiger partial charge in [-0.05, 0) is 44.4 Å². The highest BCUT2D eigenvalue weighted by Gasteiger charge is 2.57. The second-order valence-corrected chi connectivity index (χ2v) is 7.86.